The summed E-state index contributed by atoms with van der Waals surface area (Å²) < 4.78 is 5.43. The first-order valence-corrected chi connectivity index (χ1v) is 6.25. The average molecular weight is 235 g/mol. The molecule has 4 nitrogen and oxygen atoms in total. The SMILES string of the molecule is c1cnc2sc(CC3COCCN3)nc2c1. The van der Waals surface area contributed by atoms with Crippen LogP contribution in [0.2, 0.25) is 0 Å². The topological polar surface area (TPSA) is 47.0 Å². The van der Waals surface area contributed by atoms with Crippen LogP contribution in [0.5, 0.6) is 0 Å². The summed E-state index contributed by atoms with van der Waals surface area (Å²) in [4.78, 5) is 9.89. The third-order valence-corrected chi connectivity index (χ3v) is 3.63. The van der Waals surface area contributed by atoms with Gasteiger partial charge in [-0.1, -0.05) is 11.3 Å². The van der Waals surface area contributed by atoms with Crippen molar-refractivity contribution in [3.05, 3.63) is 23.3 Å². The summed E-state index contributed by atoms with van der Waals surface area (Å²) in [6.45, 7) is 2.54. The number of pyridine rings is 1. The van der Waals surface area contributed by atoms with E-state index >= 15 is 0 Å². The summed E-state index contributed by atoms with van der Waals surface area (Å²) in [5, 5.41) is 4.57. The first-order valence-electron chi connectivity index (χ1n) is 5.43. The normalized spacial score (nSPS) is 21.4. The molecule has 1 fully saturated rings. The smallest absolute Gasteiger partial charge is 0.143 e. The van der Waals surface area contributed by atoms with E-state index in [2.05, 4.69) is 15.3 Å². The van der Waals surface area contributed by atoms with Gasteiger partial charge >= 0.3 is 0 Å². The molecule has 16 heavy (non-hydrogen) atoms. The molecule has 5 heteroatoms. The number of rotatable bonds is 2. The van der Waals surface area contributed by atoms with E-state index in [-0.39, 0.29) is 0 Å². The molecule has 1 saturated heterocycles. The van der Waals surface area contributed by atoms with E-state index in [0.717, 1.165) is 41.5 Å². The predicted molar refractivity (Wildman–Crippen MR) is 63.7 cm³/mol. The van der Waals surface area contributed by atoms with Gasteiger partial charge in [0.1, 0.15) is 10.3 Å². The number of morpholine rings is 1. The van der Waals surface area contributed by atoms with Crippen LogP contribution in [0.4, 0.5) is 0 Å². The Bertz CT molecular complexity index is 446. The molecule has 3 heterocycles. The zero-order valence-corrected chi connectivity index (χ0v) is 9.67. The number of hydrogen-bond donors (Lipinski definition) is 1. The quantitative estimate of drug-likeness (QED) is 0.850. The molecule has 0 amide bonds. The maximum absolute atomic E-state index is 5.43. The number of ether oxygens (including phenoxy) is 1. The van der Waals surface area contributed by atoms with E-state index in [4.69, 9.17) is 4.74 Å². The molecular weight excluding hydrogens is 222 g/mol. The number of thiazole rings is 1. The lowest BCUT2D eigenvalue weighted by Crippen LogP contribution is -2.42. The van der Waals surface area contributed by atoms with Crippen LogP contribution in [0.25, 0.3) is 10.3 Å². The van der Waals surface area contributed by atoms with Crippen LogP contribution in [0.1, 0.15) is 5.01 Å². The monoisotopic (exact) mass is 235 g/mol. The first kappa shape index (κ1) is 10.1. The van der Waals surface area contributed by atoms with Gasteiger partial charge in [-0.15, -0.1) is 0 Å². The minimum atomic E-state index is 0.398. The summed E-state index contributed by atoms with van der Waals surface area (Å²) in [6.07, 6.45) is 2.74. The molecule has 0 saturated carbocycles. The Kier molecular flexibility index (Phi) is 2.82. The molecule has 1 aliphatic rings. The largest absolute Gasteiger partial charge is 0.379 e. The fourth-order valence-corrected chi connectivity index (χ4v) is 2.85. The van der Waals surface area contributed by atoms with Crippen molar-refractivity contribution < 1.29 is 4.74 Å². The summed E-state index contributed by atoms with van der Waals surface area (Å²) in [7, 11) is 0. The Morgan fingerprint density at radius 3 is 3.38 bits per heavy atom. The van der Waals surface area contributed by atoms with Crippen LogP contribution in [0, 0.1) is 0 Å². The molecule has 0 bridgehead atoms. The molecule has 1 aliphatic heterocycles. The lowest BCUT2D eigenvalue weighted by Gasteiger charge is -2.22. The van der Waals surface area contributed by atoms with Gasteiger partial charge in [0.2, 0.25) is 0 Å². The Morgan fingerprint density at radius 2 is 2.56 bits per heavy atom. The summed E-state index contributed by atoms with van der Waals surface area (Å²) in [5.74, 6) is 0. The number of nitrogens with one attached hydrogen (secondary N) is 1. The molecule has 1 atom stereocenters. The van der Waals surface area contributed by atoms with Gasteiger partial charge in [0, 0.05) is 25.2 Å². The second-order valence-electron chi connectivity index (χ2n) is 3.87. The van der Waals surface area contributed by atoms with Crippen LogP contribution in [-0.2, 0) is 11.2 Å². The van der Waals surface area contributed by atoms with Crippen molar-refractivity contribution in [3.63, 3.8) is 0 Å². The van der Waals surface area contributed by atoms with Gasteiger partial charge in [0.25, 0.3) is 0 Å². The molecule has 0 aliphatic carbocycles. The minimum absolute atomic E-state index is 0.398. The standard InChI is InChI=1S/C11H13N3OS/c1-2-9-11(13-3-1)16-10(14-9)6-8-7-15-5-4-12-8/h1-3,8,12H,4-7H2. The van der Waals surface area contributed by atoms with Crippen LogP contribution in [0.3, 0.4) is 0 Å². The first-order chi connectivity index (χ1) is 7.92. The van der Waals surface area contributed by atoms with Gasteiger partial charge in [-0.2, -0.15) is 0 Å². The van der Waals surface area contributed by atoms with Crippen LogP contribution in [-0.4, -0.2) is 35.8 Å². The molecule has 2 aromatic rings. The number of nitrogens with zero attached hydrogens (tertiary/aromatic N) is 2. The molecule has 2 aromatic heterocycles. The van der Waals surface area contributed by atoms with Gasteiger partial charge in [-0.25, -0.2) is 9.97 Å². The molecule has 1 unspecified atom stereocenters. The fourth-order valence-electron chi connectivity index (χ4n) is 1.86. The molecule has 0 radical (unpaired) electrons. The molecule has 1 N–H and O–H groups in total. The minimum Gasteiger partial charge on any atom is -0.379 e. The summed E-state index contributed by atoms with van der Waals surface area (Å²) >= 11 is 1.67. The summed E-state index contributed by atoms with van der Waals surface area (Å²) in [5.41, 5.74) is 0.999. The Labute approximate surface area is 97.7 Å². The summed E-state index contributed by atoms with van der Waals surface area (Å²) in [6, 6.07) is 4.33. The number of hydrogen-bond acceptors (Lipinski definition) is 5. The van der Waals surface area contributed by atoms with Crippen molar-refractivity contribution in [1.82, 2.24) is 15.3 Å². The molecule has 84 valence electrons. The van der Waals surface area contributed by atoms with Gasteiger partial charge < -0.3 is 10.1 Å². The van der Waals surface area contributed by atoms with Crippen molar-refractivity contribution >= 4 is 21.7 Å². The van der Waals surface area contributed by atoms with E-state index in [1.165, 1.54) is 0 Å². The van der Waals surface area contributed by atoms with Gasteiger partial charge in [0.05, 0.1) is 18.2 Å². The Balaban J connectivity index is 1.78. The van der Waals surface area contributed by atoms with Gasteiger partial charge in [0.15, 0.2) is 0 Å². The van der Waals surface area contributed by atoms with Crippen molar-refractivity contribution in [2.24, 2.45) is 0 Å². The Morgan fingerprint density at radius 1 is 1.56 bits per heavy atom. The highest BCUT2D eigenvalue weighted by Crippen LogP contribution is 2.20. The highest BCUT2D eigenvalue weighted by molar-refractivity contribution is 7.18. The maximum atomic E-state index is 5.43. The van der Waals surface area contributed by atoms with Crippen LogP contribution in [0.15, 0.2) is 18.3 Å². The fraction of sp³-hybridized carbons (Fsp3) is 0.455. The zero-order chi connectivity index (χ0) is 10.8. The van der Waals surface area contributed by atoms with E-state index < -0.39 is 0 Å². The molecule has 3 rings (SSSR count). The third-order valence-electron chi connectivity index (χ3n) is 2.63. The van der Waals surface area contributed by atoms with Crippen LogP contribution >= 0.6 is 11.3 Å². The second kappa shape index (κ2) is 4.45. The lowest BCUT2D eigenvalue weighted by atomic mass is 10.2. The van der Waals surface area contributed by atoms with Gasteiger partial charge in [-0.05, 0) is 12.1 Å². The van der Waals surface area contributed by atoms with E-state index in [0.29, 0.717) is 6.04 Å². The molecular formula is C11H13N3OS. The third kappa shape index (κ3) is 2.07. The predicted octanol–water partition coefficient (Wildman–Crippen LogP) is 1.22. The highest BCUT2D eigenvalue weighted by Gasteiger charge is 2.15. The van der Waals surface area contributed by atoms with Crippen molar-refractivity contribution in [2.75, 3.05) is 19.8 Å². The second-order valence-corrected chi connectivity index (χ2v) is 4.93. The molecule has 0 spiro atoms. The van der Waals surface area contributed by atoms with E-state index in [1.54, 1.807) is 11.3 Å². The lowest BCUT2D eigenvalue weighted by molar-refractivity contribution is 0.0770. The van der Waals surface area contributed by atoms with E-state index in [9.17, 15) is 0 Å². The molecule has 0 aromatic carbocycles. The van der Waals surface area contributed by atoms with E-state index in [1.807, 2.05) is 18.3 Å². The zero-order valence-electron chi connectivity index (χ0n) is 8.85. The number of fused-ring (bicyclic) bond motifs is 1. The van der Waals surface area contributed by atoms with Gasteiger partial charge in [-0.3, -0.25) is 0 Å². The Hall–Kier alpha value is -1.04. The van der Waals surface area contributed by atoms with Crippen molar-refractivity contribution in [1.29, 1.82) is 0 Å². The highest BCUT2D eigenvalue weighted by atomic mass is 32.1. The van der Waals surface area contributed by atoms with Crippen molar-refractivity contribution in [2.45, 2.75) is 12.5 Å². The number of aromatic nitrogens is 2. The van der Waals surface area contributed by atoms with Crippen LogP contribution < -0.4 is 5.32 Å². The van der Waals surface area contributed by atoms with Crippen molar-refractivity contribution in [3.8, 4) is 0 Å². The average Bonchev–Trinajstić information content (AvgIpc) is 2.72. The maximum Gasteiger partial charge on any atom is 0.143 e.